The molecule has 0 spiro atoms. The van der Waals surface area contributed by atoms with Crippen molar-refractivity contribution >= 4 is 7.82 Å². The molecule has 0 aliphatic heterocycles. The van der Waals surface area contributed by atoms with E-state index in [1.165, 1.54) is 0 Å². The zero-order valence-corrected chi connectivity index (χ0v) is 10.5. The molecule has 72 valence electrons. The first-order valence-electron chi connectivity index (χ1n) is 3.44. The number of ether oxygens (including phenoxy) is 1. The van der Waals surface area contributed by atoms with Crippen LogP contribution in [0.5, 0.6) is 5.75 Å². The van der Waals surface area contributed by atoms with E-state index in [0.717, 1.165) is 0 Å². The summed E-state index contributed by atoms with van der Waals surface area (Å²) >= 11 is 0. The third-order valence-corrected chi connectivity index (χ3v) is 1.62. The molecule has 0 saturated carbocycles. The molecule has 1 atom stereocenters. The van der Waals surface area contributed by atoms with Gasteiger partial charge in [0.05, 0.1) is 0 Å². The van der Waals surface area contributed by atoms with Crippen molar-refractivity contribution in [2.75, 3.05) is 6.79 Å². The van der Waals surface area contributed by atoms with Gasteiger partial charge in [0.1, 0.15) is 5.75 Å². The first-order valence-corrected chi connectivity index (χ1v) is 4.94. The van der Waals surface area contributed by atoms with E-state index in [2.05, 4.69) is 4.52 Å². The summed E-state index contributed by atoms with van der Waals surface area (Å²) in [5.74, 6) is 0.468. The molecule has 0 amide bonds. The fourth-order valence-corrected chi connectivity index (χ4v) is 0.864. The molecule has 7 heteroatoms. The Kier molecular flexibility index (Phi) is 6.64. The van der Waals surface area contributed by atoms with E-state index < -0.39 is 14.6 Å². The van der Waals surface area contributed by atoms with Crippen LogP contribution in [0.1, 0.15) is 0 Å². The summed E-state index contributed by atoms with van der Waals surface area (Å²) in [6.45, 7) is -0.526. The van der Waals surface area contributed by atoms with Crippen molar-refractivity contribution in [1.29, 1.82) is 0 Å². The first-order chi connectivity index (χ1) is 6.08. The molecule has 1 aromatic rings. The van der Waals surface area contributed by atoms with Gasteiger partial charge < -0.3 is 14.5 Å². The van der Waals surface area contributed by atoms with Crippen LogP contribution < -0.4 is 39.2 Å². The minimum absolute atomic E-state index is 0. The molecular weight excluding hydrogens is 218 g/mol. The summed E-state index contributed by atoms with van der Waals surface area (Å²) in [6.07, 6.45) is 0. The van der Waals surface area contributed by atoms with E-state index in [0.29, 0.717) is 5.75 Å². The van der Waals surface area contributed by atoms with Crippen LogP contribution in [0.3, 0.4) is 0 Å². The number of phosphoric acid groups is 1. The second-order valence-corrected chi connectivity index (χ2v) is 3.37. The minimum atomic E-state index is -4.68. The largest absolute Gasteiger partial charge is 1.00 e. The maximum atomic E-state index is 10.1. The van der Waals surface area contributed by atoms with Gasteiger partial charge in [-0.3, -0.25) is 9.09 Å². The number of para-hydroxylation sites is 1. The molecule has 1 aromatic carbocycles. The summed E-state index contributed by atoms with van der Waals surface area (Å²) in [6, 6.07) is 8.52. The second kappa shape index (κ2) is 6.58. The molecule has 5 nitrogen and oxygen atoms in total. The first kappa shape index (κ1) is 14.1. The predicted molar refractivity (Wildman–Crippen MR) is 42.8 cm³/mol. The fraction of sp³-hybridized carbons (Fsp3) is 0.143. The minimum Gasteiger partial charge on any atom is -0.756 e. The molecular formula is C7H8NaO5P. The van der Waals surface area contributed by atoms with Crippen molar-refractivity contribution in [2.24, 2.45) is 0 Å². The third-order valence-electron chi connectivity index (χ3n) is 1.18. The fourth-order valence-electron chi connectivity index (χ4n) is 0.678. The Morgan fingerprint density at radius 3 is 2.43 bits per heavy atom. The summed E-state index contributed by atoms with van der Waals surface area (Å²) in [7, 11) is -4.68. The molecule has 1 unspecified atom stereocenters. The van der Waals surface area contributed by atoms with Crippen molar-refractivity contribution in [3.05, 3.63) is 30.3 Å². The van der Waals surface area contributed by atoms with Crippen LogP contribution in [0.25, 0.3) is 0 Å². The number of hydrogen-bond donors (Lipinski definition) is 1. The molecule has 0 heterocycles. The molecule has 1 N–H and O–H groups in total. The van der Waals surface area contributed by atoms with E-state index in [9.17, 15) is 9.46 Å². The summed E-state index contributed by atoms with van der Waals surface area (Å²) in [5.41, 5.74) is 0. The van der Waals surface area contributed by atoms with Gasteiger partial charge in [-0.15, -0.1) is 0 Å². The Hall–Kier alpha value is 0.130. The molecule has 1 rings (SSSR count). The third kappa shape index (κ3) is 6.56. The van der Waals surface area contributed by atoms with Gasteiger partial charge in [-0.25, -0.2) is 0 Å². The van der Waals surface area contributed by atoms with E-state index in [-0.39, 0.29) is 29.6 Å². The average molecular weight is 226 g/mol. The van der Waals surface area contributed by atoms with Crippen molar-refractivity contribution < 1.29 is 53.2 Å². The van der Waals surface area contributed by atoms with E-state index in [1.807, 2.05) is 0 Å². The quantitative estimate of drug-likeness (QED) is 0.349. The Bertz CT molecular complexity index is 298. The van der Waals surface area contributed by atoms with Crippen LogP contribution in [-0.4, -0.2) is 11.7 Å². The summed E-state index contributed by atoms with van der Waals surface area (Å²) in [5, 5.41) is 0. The predicted octanol–water partition coefficient (Wildman–Crippen LogP) is -2.50. The van der Waals surface area contributed by atoms with Crippen molar-refractivity contribution in [3.63, 3.8) is 0 Å². The number of benzene rings is 1. The maximum absolute atomic E-state index is 10.1. The van der Waals surface area contributed by atoms with Gasteiger partial charge in [0.2, 0.25) is 0 Å². The Labute approximate surface area is 104 Å². The van der Waals surface area contributed by atoms with Crippen molar-refractivity contribution in [3.8, 4) is 5.75 Å². The Morgan fingerprint density at radius 2 is 1.93 bits per heavy atom. The van der Waals surface area contributed by atoms with Crippen molar-refractivity contribution in [1.82, 2.24) is 0 Å². The van der Waals surface area contributed by atoms with Crippen LogP contribution in [0.2, 0.25) is 0 Å². The number of phosphoric ester groups is 1. The molecule has 0 bridgehead atoms. The maximum Gasteiger partial charge on any atom is 1.00 e. The average Bonchev–Trinajstić information content (AvgIpc) is 2.04. The molecule has 14 heavy (non-hydrogen) atoms. The molecule has 0 aliphatic carbocycles. The second-order valence-electron chi connectivity index (χ2n) is 2.17. The summed E-state index contributed by atoms with van der Waals surface area (Å²) < 4.78 is 18.9. The van der Waals surface area contributed by atoms with E-state index in [1.54, 1.807) is 30.3 Å². The van der Waals surface area contributed by atoms with Gasteiger partial charge in [-0.1, -0.05) is 18.2 Å². The number of hydrogen-bond acceptors (Lipinski definition) is 4. The molecule has 0 fully saturated rings. The van der Waals surface area contributed by atoms with Gasteiger partial charge in [0, 0.05) is 0 Å². The smallest absolute Gasteiger partial charge is 0.756 e. The standard InChI is InChI=1S/C7H9O5P.Na/c8-13(9,10)12-6-11-7-4-2-1-3-5-7;/h1-5H,6H2,(H2,8,9,10);/q;+1/p-1. The SMILES string of the molecule is O=P([O-])(O)OCOc1ccccc1.[Na+]. The normalized spacial score (nSPS) is 13.9. The van der Waals surface area contributed by atoms with Crippen LogP contribution in [-0.2, 0) is 9.09 Å². The monoisotopic (exact) mass is 226 g/mol. The van der Waals surface area contributed by atoms with E-state index >= 15 is 0 Å². The molecule has 0 saturated heterocycles. The van der Waals surface area contributed by atoms with Gasteiger partial charge >= 0.3 is 29.6 Å². The zero-order valence-electron chi connectivity index (χ0n) is 7.62. The summed E-state index contributed by atoms with van der Waals surface area (Å²) in [4.78, 5) is 18.3. The van der Waals surface area contributed by atoms with Crippen LogP contribution in [0, 0.1) is 0 Å². The van der Waals surface area contributed by atoms with Crippen molar-refractivity contribution in [2.45, 2.75) is 0 Å². The zero-order chi connectivity index (χ0) is 9.73. The topological polar surface area (TPSA) is 78.8 Å². The van der Waals surface area contributed by atoms with Crippen LogP contribution >= 0.6 is 7.82 Å². The van der Waals surface area contributed by atoms with E-state index in [4.69, 9.17) is 9.63 Å². The van der Waals surface area contributed by atoms with Crippen LogP contribution in [0.15, 0.2) is 30.3 Å². The number of rotatable bonds is 4. The molecule has 0 radical (unpaired) electrons. The Balaban J connectivity index is 0.00000169. The Morgan fingerprint density at radius 1 is 1.36 bits per heavy atom. The molecule has 0 aliphatic rings. The van der Waals surface area contributed by atoms with Gasteiger partial charge in [-0.2, -0.15) is 0 Å². The molecule has 0 aromatic heterocycles. The van der Waals surface area contributed by atoms with Gasteiger partial charge in [-0.05, 0) is 12.1 Å². The van der Waals surface area contributed by atoms with Crippen LogP contribution in [0.4, 0.5) is 0 Å². The van der Waals surface area contributed by atoms with Gasteiger partial charge in [0.15, 0.2) is 6.79 Å². The van der Waals surface area contributed by atoms with Gasteiger partial charge in [0.25, 0.3) is 7.82 Å².